The Balaban J connectivity index is 1.80. The summed E-state index contributed by atoms with van der Waals surface area (Å²) in [6, 6.07) is 7.86. The van der Waals surface area contributed by atoms with E-state index in [-0.39, 0.29) is 5.75 Å². The van der Waals surface area contributed by atoms with Crippen LogP contribution in [0.25, 0.3) is 0 Å². The highest BCUT2D eigenvalue weighted by Crippen LogP contribution is 2.47. The van der Waals surface area contributed by atoms with Gasteiger partial charge in [-0.2, -0.15) is 5.09 Å². The van der Waals surface area contributed by atoms with Gasteiger partial charge in [-0.05, 0) is 39.8 Å². The number of aliphatic hydroxyl groups is 1. The third kappa shape index (κ3) is 6.48. The number of hydrogen-bond acceptors (Lipinski definition) is 9. The molecule has 3 N–H and O–H groups in total. The van der Waals surface area contributed by atoms with E-state index >= 15 is 4.39 Å². The molecule has 0 amide bonds. The van der Waals surface area contributed by atoms with E-state index in [4.69, 9.17) is 18.5 Å². The second-order valence-corrected chi connectivity index (χ2v) is 10.4. The number of aromatic nitrogens is 2. The first-order chi connectivity index (χ1) is 16.8. The van der Waals surface area contributed by atoms with Gasteiger partial charge in [0, 0.05) is 12.3 Å². The van der Waals surface area contributed by atoms with Gasteiger partial charge in [0.15, 0.2) is 11.9 Å². The minimum atomic E-state index is -4.30. The lowest BCUT2D eigenvalue weighted by Gasteiger charge is -2.25. The highest BCUT2D eigenvalue weighted by atomic mass is 31.2. The number of aromatic amines is 1. The minimum absolute atomic E-state index is 0.152. The second kappa shape index (κ2) is 11.1. The van der Waals surface area contributed by atoms with Crippen LogP contribution in [-0.2, 0) is 23.4 Å². The van der Waals surface area contributed by atoms with Crippen LogP contribution >= 0.6 is 7.75 Å². The topological polar surface area (TPSA) is 158 Å². The molecule has 1 aromatic heterocycles. The molecule has 0 saturated carbocycles. The molecular formula is C22H29FN3O9P. The fourth-order valence-corrected chi connectivity index (χ4v) is 4.97. The zero-order valence-electron chi connectivity index (χ0n) is 20.1. The Morgan fingerprint density at radius 1 is 1.28 bits per heavy atom. The minimum Gasteiger partial charge on any atom is -0.462 e. The number of benzene rings is 1. The number of carbonyl (C=O) groups excluding carboxylic acids is 1. The molecule has 1 aliphatic heterocycles. The number of halogens is 1. The largest absolute Gasteiger partial charge is 0.462 e. The number of rotatable bonds is 10. The molecular weight excluding hydrogens is 500 g/mol. The Bertz CT molecular complexity index is 1220. The molecule has 3 rings (SSSR count). The van der Waals surface area contributed by atoms with Crippen LogP contribution in [0, 0.1) is 0 Å². The van der Waals surface area contributed by atoms with Crippen LogP contribution in [0.2, 0.25) is 0 Å². The number of nitrogens with zero attached hydrogens (tertiary/aromatic N) is 1. The Morgan fingerprint density at radius 3 is 2.56 bits per heavy atom. The molecule has 1 unspecified atom stereocenters. The summed E-state index contributed by atoms with van der Waals surface area (Å²) < 4.78 is 51.4. The van der Waals surface area contributed by atoms with Crippen molar-refractivity contribution in [2.45, 2.75) is 63.9 Å². The maximum atomic E-state index is 15.4. The zero-order chi connectivity index (χ0) is 26.7. The lowest BCUT2D eigenvalue weighted by molar-refractivity contribution is -0.149. The SMILES string of the molecule is CC(C)OC(=O)[C@H](C)NP(=O)(OC[C@@H]1O[C@@H](n2ccc(=O)[nH]c2=O)[C@](C)(F)[C@H]1O)Oc1ccccc1. The lowest BCUT2D eigenvalue weighted by atomic mass is 9.98. The number of carbonyl (C=O) groups is 1. The molecule has 2 aromatic rings. The van der Waals surface area contributed by atoms with Gasteiger partial charge in [0.25, 0.3) is 5.56 Å². The van der Waals surface area contributed by atoms with Gasteiger partial charge < -0.3 is 19.1 Å². The van der Waals surface area contributed by atoms with Crippen LogP contribution in [0.5, 0.6) is 5.75 Å². The van der Waals surface area contributed by atoms with E-state index < -0.39 is 67.8 Å². The van der Waals surface area contributed by atoms with Crippen molar-refractivity contribution in [1.29, 1.82) is 0 Å². The molecule has 2 heterocycles. The van der Waals surface area contributed by atoms with Crippen LogP contribution < -0.4 is 20.9 Å². The van der Waals surface area contributed by atoms with Crippen LogP contribution in [-0.4, -0.2) is 57.3 Å². The average molecular weight is 529 g/mol. The third-order valence-corrected chi connectivity index (χ3v) is 6.90. The Morgan fingerprint density at radius 2 is 1.94 bits per heavy atom. The number of esters is 1. The predicted molar refractivity (Wildman–Crippen MR) is 125 cm³/mol. The number of para-hydroxylation sites is 1. The summed E-state index contributed by atoms with van der Waals surface area (Å²) in [6.45, 7) is 5.07. The summed E-state index contributed by atoms with van der Waals surface area (Å²) in [5, 5.41) is 13.0. The number of aliphatic hydroxyl groups excluding tert-OH is 1. The number of alkyl halides is 1. The van der Waals surface area contributed by atoms with E-state index in [1.54, 1.807) is 32.0 Å². The summed E-state index contributed by atoms with van der Waals surface area (Å²) in [4.78, 5) is 37.7. The van der Waals surface area contributed by atoms with E-state index in [0.717, 1.165) is 23.8 Å². The first kappa shape index (κ1) is 27.8. The van der Waals surface area contributed by atoms with Crippen LogP contribution in [0.4, 0.5) is 4.39 Å². The van der Waals surface area contributed by atoms with Gasteiger partial charge in [-0.1, -0.05) is 18.2 Å². The van der Waals surface area contributed by atoms with E-state index in [9.17, 15) is 24.1 Å². The van der Waals surface area contributed by atoms with Crippen molar-refractivity contribution in [3.8, 4) is 5.75 Å². The van der Waals surface area contributed by atoms with Crippen molar-refractivity contribution in [3.05, 3.63) is 63.4 Å². The second-order valence-electron chi connectivity index (χ2n) is 8.67. The Labute approximate surface area is 205 Å². The van der Waals surface area contributed by atoms with Crippen molar-refractivity contribution in [2.24, 2.45) is 0 Å². The highest BCUT2D eigenvalue weighted by Gasteiger charge is 2.55. The van der Waals surface area contributed by atoms with Gasteiger partial charge >= 0.3 is 19.4 Å². The van der Waals surface area contributed by atoms with Gasteiger partial charge in [0.2, 0.25) is 0 Å². The molecule has 0 aliphatic carbocycles. The monoisotopic (exact) mass is 529 g/mol. The number of H-pyrrole nitrogens is 1. The smallest absolute Gasteiger partial charge is 0.459 e. The zero-order valence-corrected chi connectivity index (χ0v) is 21.0. The van der Waals surface area contributed by atoms with Crippen molar-refractivity contribution in [2.75, 3.05) is 6.61 Å². The lowest BCUT2D eigenvalue weighted by Crippen LogP contribution is -2.43. The van der Waals surface area contributed by atoms with E-state index in [2.05, 4.69) is 5.09 Å². The summed E-state index contributed by atoms with van der Waals surface area (Å²) in [6.07, 6.45) is -4.21. The van der Waals surface area contributed by atoms with Gasteiger partial charge in [0.1, 0.15) is 24.0 Å². The molecule has 14 heteroatoms. The normalized spacial score (nSPS) is 26.4. The first-order valence-corrected chi connectivity index (χ1v) is 12.7. The molecule has 1 fully saturated rings. The molecule has 1 aliphatic rings. The molecule has 198 valence electrons. The first-order valence-electron chi connectivity index (χ1n) is 11.1. The molecule has 1 saturated heterocycles. The van der Waals surface area contributed by atoms with Gasteiger partial charge in [-0.15, -0.1) is 0 Å². The van der Waals surface area contributed by atoms with Crippen LogP contribution in [0.3, 0.4) is 0 Å². The van der Waals surface area contributed by atoms with E-state index in [1.165, 1.54) is 19.1 Å². The van der Waals surface area contributed by atoms with E-state index in [0.29, 0.717) is 0 Å². The van der Waals surface area contributed by atoms with Crippen molar-refractivity contribution >= 4 is 13.7 Å². The Kier molecular flexibility index (Phi) is 8.52. The molecule has 6 atom stereocenters. The van der Waals surface area contributed by atoms with E-state index in [1.807, 2.05) is 4.98 Å². The average Bonchev–Trinajstić information content (AvgIpc) is 3.01. The summed E-state index contributed by atoms with van der Waals surface area (Å²) >= 11 is 0. The highest BCUT2D eigenvalue weighted by molar-refractivity contribution is 7.52. The maximum absolute atomic E-state index is 15.4. The number of nitrogens with one attached hydrogen (secondary N) is 2. The van der Waals surface area contributed by atoms with Gasteiger partial charge in [0.05, 0.1) is 12.7 Å². The maximum Gasteiger partial charge on any atom is 0.459 e. The molecule has 12 nitrogen and oxygen atoms in total. The molecule has 1 aromatic carbocycles. The number of ether oxygens (including phenoxy) is 2. The van der Waals surface area contributed by atoms with Gasteiger partial charge in [-0.3, -0.25) is 23.7 Å². The summed E-state index contributed by atoms with van der Waals surface area (Å²) in [5.41, 5.74) is -4.12. The van der Waals surface area contributed by atoms with Crippen LogP contribution in [0.15, 0.2) is 52.2 Å². The van der Waals surface area contributed by atoms with Crippen molar-refractivity contribution in [3.63, 3.8) is 0 Å². The predicted octanol–water partition coefficient (Wildman–Crippen LogP) is 1.66. The molecule has 0 radical (unpaired) electrons. The quantitative estimate of drug-likeness (QED) is 0.305. The molecule has 36 heavy (non-hydrogen) atoms. The third-order valence-electron chi connectivity index (χ3n) is 5.26. The van der Waals surface area contributed by atoms with Gasteiger partial charge in [-0.25, -0.2) is 13.8 Å². The molecule has 0 bridgehead atoms. The fraction of sp³-hybridized carbons (Fsp3) is 0.500. The van der Waals surface area contributed by atoms with Crippen molar-refractivity contribution in [1.82, 2.24) is 14.6 Å². The molecule has 0 spiro atoms. The number of hydrogen-bond donors (Lipinski definition) is 3. The summed E-state index contributed by atoms with van der Waals surface area (Å²) in [7, 11) is -4.30. The summed E-state index contributed by atoms with van der Waals surface area (Å²) in [5.74, 6) is -0.560. The van der Waals surface area contributed by atoms with Crippen LogP contribution in [0.1, 0.15) is 33.9 Å². The van der Waals surface area contributed by atoms with Crippen molar-refractivity contribution < 1.29 is 37.4 Å². The standard InChI is InChI=1S/C22H29FN3O9P/c1-13(2)33-19(29)14(3)25-36(31,35-15-8-6-5-7-9-15)32-12-16-18(28)22(4,23)20(34-16)26-11-10-17(27)24-21(26)30/h5-11,13-14,16,18,20,28H,12H2,1-4H3,(H,25,31)(H,24,27,30)/t14-,16-,18-,20+,22+,36?/m0/s1. The Hall–Kier alpha value is -2.83. The fourth-order valence-electron chi connectivity index (χ4n) is 3.47.